The highest BCUT2D eigenvalue weighted by Crippen LogP contribution is 2.31. The lowest BCUT2D eigenvalue weighted by Gasteiger charge is -2.37. The molecule has 0 spiro atoms. The van der Waals surface area contributed by atoms with E-state index >= 15 is 0 Å². The summed E-state index contributed by atoms with van der Waals surface area (Å²) >= 11 is 5.91. The van der Waals surface area contributed by atoms with Gasteiger partial charge in [0.15, 0.2) is 0 Å². The number of rotatable bonds is 8. The summed E-state index contributed by atoms with van der Waals surface area (Å²) in [6.45, 7) is 4.25. The van der Waals surface area contributed by atoms with Gasteiger partial charge in [0, 0.05) is 50.8 Å². The molecule has 0 N–H and O–H groups in total. The third kappa shape index (κ3) is 5.75. The van der Waals surface area contributed by atoms with Crippen LogP contribution in [0.4, 0.5) is 14.5 Å². The number of benzene rings is 3. The van der Waals surface area contributed by atoms with Crippen molar-refractivity contribution in [2.45, 2.75) is 12.5 Å². The zero-order valence-corrected chi connectivity index (χ0v) is 19.3. The van der Waals surface area contributed by atoms with Crippen LogP contribution < -0.4 is 14.4 Å². The monoisotopic (exact) mass is 472 g/mol. The zero-order chi connectivity index (χ0) is 23.2. The second kappa shape index (κ2) is 10.9. The maximum Gasteiger partial charge on any atom is 0.142 e. The highest BCUT2D eigenvalue weighted by Gasteiger charge is 2.23. The summed E-state index contributed by atoms with van der Waals surface area (Å²) in [5.74, 6) is 0.448. The topological polar surface area (TPSA) is 24.9 Å². The molecule has 0 aliphatic carbocycles. The maximum absolute atomic E-state index is 14.6. The highest BCUT2D eigenvalue weighted by atomic mass is 35.5. The van der Waals surface area contributed by atoms with Crippen molar-refractivity contribution in [3.63, 3.8) is 0 Å². The molecule has 0 saturated carbocycles. The summed E-state index contributed by atoms with van der Waals surface area (Å²) in [5.41, 5.74) is 1.58. The summed E-state index contributed by atoms with van der Waals surface area (Å²) in [5, 5.41) is -0.0211. The Bertz CT molecular complexity index is 1070. The van der Waals surface area contributed by atoms with Gasteiger partial charge < -0.3 is 14.4 Å². The van der Waals surface area contributed by atoms with Crippen LogP contribution in [0.5, 0.6) is 11.5 Å². The van der Waals surface area contributed by atoms with Crippen molar-refractivity contribution in [1.29, 1.82) is 0 Å². The minimum Gasteiger partial charge on any atom is -0.495 e. The zero-order valence-electron chi connectivity index (χ0n) is 18.5. The molecule has 4 nitrogen and oxygen atoms in total. The Morgan fingerprint density at radius 2 is 1.64 bits per heavy atom. The number of ether oxygens (including phenoxy) is 2. The largest absolute Gasteiger partial charge is 0.495 e. The summed E-state index contributed by atoms with van der Waals surface area (Å²) in [7, 11) is 1.69. The van der Waals surface area contributed by atoms with E-state index in [0.29, 0.717) is 17.7 Å². The first-order valence-electron chi connectivity index (χ1n) is 11.0. The Morgan fingerprint density at radius 3 is 2.36 bits per heavy atom. The van der Waals surface area contributed by atoms with Gasteiger partial charge in [0.1, 0.15) is 29.2 Å². The molecule has 0 unspecified atom stereocenters. The predicted molar refractivity (Wildman–Crippen MR) is 127 cm³/mol. The fourth-order valence-corrected chi connectivity index (χ4v) is 4.30. The summed E-state index contributed by atoms with van der Waals surface area (Å²) in [6, 6.07) is 18.8. The Morgan fingerprint density at radius 1 is 0.909 bits per heavy atom. The average molecular weight is 473 g/mol. The first-order chi connectivity index (χ1) is 16.0. The molecule has 0 amide bonds. The SMILES string of the molecule is COc1ccccc1N1CCN(CC[C@H](Oc2ccc(F)c(Cl)c2)c2ccccc2F)CC1. The molecule has 1 aliphatic rings. The molecular weight excluding hydrogens is 446 g/mol. The van der Waals surface area contributed by atoms with E-state index in [9.17, 15) is 8.78 Å². The quantitative estimate of drug-likeness (QED) is 0.404. The van der Waals surface area contributed by atoms with Crippen molar-refractivity contribution in [2.75, 3.05) is 44.7 Å². The highest BCUT2D eigenvalue weighted by molar-refractivity contribution is 6.30. The molecule has 1 atom stereocenters. The van der Waals surface area contributed by atoms with Crippen LogP contribution in [0.2, 0.25) is 5.02 Å². The van der Waals surface area contributed by atoms with Crippen LogP contribution in [0, 0.1) is 11.6 Å². The molecule has 1 fully saturated rings. The second-order valence-electron chi connectivity index (χ2n) is 7.99. The lowest BCUT2D eigenvalue weighted by molar-refractivity contribution is 0.156. The van der Waals surface area contributed by atoms with Crippen LogP contribution in [0.3, 0.4) is 0 Å². The van der Waals surface area contributed by atoms with Crippen LogP contribution in [0.15, 0.2) is 66.7 Å². The minimum absolute atomic E-state index is 0.0211. The fraction of sp³-hybridized carbons (Fsp3) is 0.308. The first-order valence-corrected chi connectivity index (χ1v) is 11.4. The molecule has 1 aliphatic heterocycles. The number of piperazine rings is 1. The van der Waals surface area contributed by atoms with E-state index in [2.05, 4.69) is 15.9 Å². The summed E-state index contributed by atoms with van der Waals surface area (Å²) in [6.07, 6.45) is 0.0740. The van der Waals surface area contributed by atoms with Crippen molar-refractivity contribution < 1.29 is 18.3 Å². The number of nitrogens with zero attached hydrogens (tertiary/aromatic N) is 2. The molecule has 7 heteroatoms. The van der Waals surface area contributed by atoms with Gasteiger partial charge in [-0.05, 0) is 30.3 Å². The molecular formula is C26H27ClF2N2O2. The third-order valence-electron chi connectivity index (χ3n) is 5.93. The van der Waals surface area contributed by atoms with Gasteiger partial charge >= 0.3 is 0 Å². The molecule has 33 heavy (non-hydrogen) atoms. The van der Waals surface area contributed by atoms with Crippen LogP contribution in [-0.2, 0) is 0 Å². The van der Waals surface area contributed by atoms with Gasteiger partial charge in [0.25, 0.3) is 0 Å². The molecule has 1 saturated heterocycles. The third-order valence-corrected chi connectivity index (χ3v) is 6.22. The van der Waals surface area contributed by atoms with Crippen LogP contribution >= 0.6 is 11.6 Å². The normalized spacial score (nSPS) is 15.3. The van der Waals surface area contributed by atoms with Crippen LogP contribution in [0.1, 0.15) is 18.1 Å². The van der Waals surface area contributed by atoms with Crippen molar-refractivity contribution in [3.8, 4) is 11.5 Å². The van der Waals surface area contributed by atoms with E-state index in [1.54, 1.807) is 25.3 Å². The van der Waals surface area contributed by atoms with E-state index < -0.39 is 11.9 Å². The first kappa shape index (κ1) is 23.3. The molecule has 1 heterocycles. The van der Waals surface area contributed by atoms with Gasteiger partial charge in [0.05, 0.1) is 17.8 Å². The smallest absolute Gasteiger partial charge is 0.142 e. The van der Waals surface area contributed by atoms with Gasteiger partial charge in [-0.15, -0.1) is 0 Å². The lowest BCUT2D eigenvalue weighted by Crippen LogP contribution is -2.47. The van der Waals surface area contributed by atoms with Crippen molar-refractivity contribution in [1.82, 2.24) is 4.90 Å². The van der Waals surface area contributed by atoms with Crippen LogP contribution in [0.25, 0.3) is 0 Å². The van der Waals surface area contributed by atoms with Crippen LogP contribution in [-0.4, -0.2) is 44.7 Å². The molecule has 3 aromatic carbocycles. The van der Waals surface area contributed by atoms with Gasteiger partial charge in [-0.2, -0.15) is 0 Å². The van der Waals surface area contributed by atoms with Crippen molar-refractivity contribution in [3.05, 3.63) is 89.0 Å². The molecule has 0 radical (unpaired) electrons. The molecule has 0 bridgehead atoms. The number of anilines is 1. The van der Waals surface area contributed by atoms with Gasteiger partial charge in [0.2, 0.25) is 0 Å². The average Bonchev–Trinajstić information content (AvgIpc) is 2.85. The Balaban J connectivity index is 1.41. The van der Waals surface area contributed by atoms with E-state index in [1.165, 1.54) is 24.3 Å². The predicted octanol–water partition coefficient (Wildman–Crippen LogP) is 5.96. The van der Waals surface area contributed by atoms with E-state index in [4.69, 9.17) is 21.1 Å². The van der Waals surface area contributed by atoms with E-state index in [-0.39, 0.29) is 10.8 Å². The van der Waals surface area contributed by atoms with Crippen molar-refractivity contribution in [2.24, 2.45) is 0 Å². The summed E-state index contributed by atoms with van der Waals surface area (Å²) in [4.78, 5) is 4.67. The van der Waals surface area contributed by atoms with Gasteiger partial charge in [-0.3, -0.25) is 4.90 Å². The number of halogens is 3. The van der Waals surface area contributed by atoms with Gasteiger partial charge in [-0.25, -0.2) is 8.78 Å². The second-order valence-corrected chi connectivity index (χ2v) is 8.40. The standard InChI is InChI=1S/C26H27ClF2N2O2/c1-32-26-9-5-4-8-24(26)31-16-14-30(15-17-31)13-12-25(20-6-2-3-7-22(20)28)33-19-10-11-23(29)21(27)18-19/h2-11,18,25H,12-17H2,1H3/t25-/m0/s1. The Labute approximate surface area is 198 Å². The number of hydrogen-bond acceptors (Lipinski definition) is 4. The van der Waals surface area contributed by atoms with E-state index in [1.807, 2.05) is 18.2 Å². The number of para-hydroxylation sites is 2. The Hall–Kier alpha value is -2.83. The van der Waals surface area contributed by atoms with E-state index in [0.717, 1.165) is 44.2 Å². The Kier molecular flexibility index (Phi) is 7.68. The minimum atomic E-state index is -0.514. The molecule has 4 rings (SSSR count). The number of methoxy groups -OCH3 is 1. The number of hydrogen-bond donors (Lipinski definition) is 0. The molecule has 174 valence electrons. The maximum atomic E-state index is 14.6. The van der Waals surface area contributed by atoms with Crippen molar-refractivity contribution >= 4 is 17.3 Å². The molecule has 0 aromatic heterocycles. The fourth-order valence-electron chi connectivity index (χ4n) is 4.13. The molecule has 3 aromatic rings. The summed E-state index contributed by atoms with van der Waals surface area (Å²) < 4.78 is 39.7. The van der Waals surface area contributed by atoms with Gasteiger partial charge in [-0.1, -0.05) is 41.9 Å². The lowest BCUT2D eigenvalue weighted by atomic mass is 10.0.